The van der Waals surface area contributed by atoms with Gasteiger partial charge in [-0.1, -0.05) is 12.1 Å². The van der Waals surface area contributed by atoms with E-state index < -0.39 is 0 Å². The summed E-state index contributed by atoms with van der Waals surface area (Å²) in [5.41, 5.74) is 7.50. The third-order valence-electron chi connectivity index (χ3n) is 3.39. The predicted molar refractivity (Wildman–Crippen MR) is 108 cm³/mol. The van der Waals surface area contributed by atoms with Crippen molar-refractivity contribution in [3.05, 3.63) is 59.9 Å². The number of anilines is 1. The molecular weight excluding hydrogens is 375 g/mol. The number of nitrogens with two attached hydrogens (primary N) is 1. The molecule has 26 heavy (non-hydrogen) atoms. The first-order chi connectivity index (χ1) is 11.5. The number of carbonyl (C=O) groups is 2. The van der Waals surface area contributed by atoms with E-state index in [4.69, 9.17) is 5.73 Å². The average molecular weight is 399 g/mol. The fraction of sp³-hybridized carbons (Fsp3) is 0.278. The summed E-state index contributed by atoms with van der Waals surface area (Å²) in [4.78, 5) is 28.2. The monoisotopic (exact) mass is 398 g/mol. The van der Waals surface area contributed by atoms with E-state index >= 15 is 0 Å². The van der Waals surface area contributed by atoms with Gasteiger partial charge in [-0.3, -0.25) is 14.6 Å². The third kappa shape index (κ3) is 8.29. The quantitative estimate of drug-likeness (QED) is 0.667. The lowest BCUT2D eigenvalue weighted by Gasteiger charge is -2.09. The molecule has 0 aliphatic rings. The lowest BCUT2D eigenvalue weighted by atomic mass is 10.1. The minimum absolute atomic E-state index is 0. The van der Waals surface area contributed by atoms with Gasteiger partial charge in [0, 0.05) is 29.9 Å². The Bertz CT molecular complexity index is 697. The molecule has 1 atom stereocenters. The van der Waals surface area contributed by atoms with Crippen LogP contribution in [0.25, 0.3) is 0 Å². The van der Waals surface area contributed by atoms with Crippen molar-refractivity contribution in [3.63, 3.8) is 0 Å². The van der Waals surface area contributed by atoms with Crippen LogP contribution < -0.4 is 16.4 Å². The summed E-state index contributed by atoms with van der Waals surface area (Å²) in [5, 5.41) is 5.58. The normalized spacial score (nSPS) is 10.7. The van der Waals surface area contributed by atoms with Crippen molar-refractivity contribution in [2.75, 3.05) is 5.32 Å². The van der Waals surface area contributed by atoms with E-state index in [0.717, 1.165) is 5.69 Å². The second-order valence-corrected chi connectivity index (χ2v) is 5.65. The maximum Gasteiger partial charge on any atom is 0.251 e. The van der Waals surface area contributed by atoms with E-state index in [-0.39, 0.29) is 42.7 Å². The fourth-order valence-corrected chi connectivity index (χ4v) is 2.10. The maximum atomic E-state index is 12.2. The Morgan fingerprint density at radius 3 is 2.58 bits per heavy atom. The molecule has 0 aliphatic carbocycles. The molecule has 0 radical (unpaired) electrons. The number of nitrogens with one attached hydrogen (secondary N) is 2. The minimum atomic E-state index is -0.215. The lowest BCUT2D eigenvalue weighted by molar-refractivity contribution is -0.116. The molecule has 6 nitrogen and oxygen atoms in total. The molecule has 1 unspecified atom stereocenters. The van der Waals surface area contributed by atoms with Crippen LogP contribution in [0.5, 0.6) is 0 Å². The van der Waals surface area contributed by atoms with Crippen molar-refractivity contribution < 1.29 is 9.59 Å². The number of nitrogens with zero attached hydrogens (tertiary/aromatic N) is 1. The van der Waals surface area contributed by atoms with Gasteiger partial charge in [0.05, 0.1) is 12.2 Å². The van der Waals surface area contributed by atoms with E-state index in [0.29, 0.717) is 30.6 Å². The van der Waals surface area contributed by atoms with Gasteiger partial charge in [0.15, 0.2) is 0 Å². The van der Waals surface area contributed by atoms with Crippen LogP contribution in [-0.4, -0.2) is 22.8 Å². The van der Waals surface area contributed by atoms with Crippen LogP contribution in [0.4, 0.5) is 5.69 Å². The SMILES string of the molecule is CC(N)CCC(=O)Nc1cccc(C(=O)NCc2ccccn2)c1.Cl.Cl. The Morgan fingerprint density at radius 1 is 1.15 bits per heavy atom. The number of rotatable bonds is 7. The molecular formula is C18H24Cl2N4O2. The molecule has 2 aromatic rings. The van der Waals surface area contributed by atoms with Crippen LogP contribution in [0.1, 0.15) is 35.8 Å². The maximum absolute atomic E-state index is 12.2. The molecule has 2 amide bonds. The molecule has 2 rings (SSSR count). The van der Waals surface area contributed by atoms with Crippen LogP contribution in [0.3, 0.4) is 0 Å². The zero-order valence-corrected chi connectivity index (χ0v) is 16.1. The second kappa shape index (κ2) is 12.2. The Hall–Kier alpha value is -2.15. The van der Waals surface area contributed by atoms with E-state index in [1.54, 1.807) is 30.5 Å². The Morgan fingerprint density at radius 2 is 1.92 bits per heavy atom. The Labute approximate surface area is 165 Å². The van der Waals surface area contributed by atoms with Crippen LogP contribution in [0.2, 0.25) is 0 Å². The first kappa shape index (κ1) is 23.9. The summed E-state index contributed by atoms with van der Waals surface area (Å²) in [6, 6.07) is 12.4. The Balaban J connectivity index is 0.00000312. The fourth-order valence-electron chi connectivity index (χ4n) is 2.10. The highest BCUT2D eigenvalue weighted by molar-refractivity contribution is 5.97. The summed E-state index contributed by atoms with van der Waals surface area (Å²) in [6.07, 6.45) is 2.66. The highest BCUT2D eigenvalue weighted by Gasteiger charge is 2.08. The summed E-state index contributed by atoms with van der Waals surface area (Å²) in [7, 11) is 0. The van der Waals surface area contributed by atoms with Gasteiger partial charge >= 0.3 is 0 Å². The van der Waals surface area contributed by atoms with Crippen molar-refractivity contribution >= 4 is 42.3 Å². The largest absolute Gasteiger partial charge is 0.346 e. The van der Waals surface area contributed by atoms with Crippen molar-refractivity contribution in [2.45, 2.75) is 32.4 Å². The molecule has 8 heteroatoms. The van der Waals surface area contributed by atoms with Gasteiger partial charge in [-0.05, 0) is 43.7 Å². The van der Waals surface area contributed by atoms with Crippen LogP contribution in [0.15, 0.2) is 48.7 Å². The molecule has 0 saturated heterocycles. The summed E-state index contributed by atoms with van der Waals surface area (Å²) in [5.74, 6) is -0.328. The molecule has 0 aliphatic heterocycles. The average Bonchev–Trinajstić information content (AvgIpc) is 2.59. The molecule has 0 saturated carbocycles. The molecule has 0 bridgehead atoms. The van der Waals surface area contributed by atoms with Gasteiger partial charge in [-0.2, -0.15) is 0 Å². The van der Waals surface area contributed by atoms with Gasteiger partial charge < -0.3 is 16.4 Å². The lowest BCUT2D eigenvalue weighted by Crippen LogP contribution is -2.23. The molecule has 142 valence electrons. The van der Waals surface area contributed by atoms with Gasteiger partial charge in [0.1, 0.15) is 0 Å². The van der Waals surface area contributed by atoms with E-state index in [9.17, 15) is 9.59 Å². The highest BCUT2D eigenvalue weighted by atomic mass is 35.5. The first-order valence-electron chi connectivity index (χ1n) is 7.88. The number of carbonyl (C=O) groups excluding carboxylic acids is 2. The van der Waals surface area contributed by atoms with E-state index in [1.807, 2.05) is 25.1 Å². The Kier molecular flexibility index (Phi) is 11.2. The van der Waals surface area contributed by atoms with Crippen molar-refractivity contribution in [3.8, 4) is 0 Å². The van der Waals surface area contributed by atoms with Gasteiger partial charge in [-0.15, -0.1) is 24.8 Å². The van der Waals surface area contributed by atoms with E-state index in [1.165, 1.54) is 0 Å². The number of benzene rings is 1. The summed E-state index contributed by atoms with van der Waals surface area (Å²) in [6.45, 7) is 2.21. The number of halogens is 2. The molecule has 1 heterocycles. The predicted octanol–water partition coefficient (Wildman–Crippen LogP) is 2.92. The van der Waals surface area contributed by atoms with Crippen molar-refractivity contribution in [2.24, 2.45) is 5.73 Å². The standard InChI is InChI=1S/C18H22N4O2.2ClH/c1-13(19)8-9-17(23)22-15-7-4-5-14(11-15)18(24)21-12-16-6-2-3-10-20-16;;/h2-7,10-11,13H,8-9,12,19H2,1H3,(H,21,24)(H,22,23);2*1H. The van der Waals surface area contributed by atoms with E-state index in [2.05, 4.69) is 15.6 Å². The minimum Gasteiger partial charge on any atom is -0.346 e. The molecule has 4 N–H and O–H groups in total. The number of amides is 2. The third-order valence-corrected chi connectivity index (χ3v) is 3.39. The van der Waals surface area contributed by atoms with Crippen LogP contribution in [0, 0.1) is 0 Å². The molecule has 1 aromatic carbocycles. The second-order valence-electron chi connectivity index (χ2n) is 5.65. The van der Waals surface area contributed by atoms with Crippen LogP contribution >= 0.6 is 24.8 Å². The number of pyridine rings is 1. The smallest absolute Gasteiger partial charge is 0.251 e. The van der Waals surface area contributed by atoms with Gasteiger partial charge in [-0.25, -0.2) is 0 Å². The summed E-state index contributed by atoms with van der Waals surface area (Å²) >= 11 is 0. The zero-order valence-electron chi connectivity index (χ0n) is 14.5. The number of hydrogen-bond donors (Lipinski definition) is 3. The molecule has 1 aromatic heterocycles. The highest BCUT2D eigenvalue weighted by Crippen LogP contribution is 2.12. The number of hydrogen-bond acceptors (Lipinski definition) is 4. The molecule has 0 spiro atoms. The van der Waals surface area contributed by atoms with Crippen LogP contribution in [-0.2, 0) is 11.3 Å². The van der Waals surface area contributed by atoms with Gasteiger partial charge in [0.25, 0.3) is 5.91 Å². The van der Waals surface area contributed by atoms with Crippen molar-refractivity contribution in [1.29, 1.82) is 0 Å². The first-order valence-corrected chi connectivity index (χ1v) is 7.88. The van der Waals surface area contributed by atoms with Crippen molar-refractivity contribution in [1.82, 2.24) is 10.3 Å². The van der Waals surface area contributed by atoms with Gasteiger partial charge in [0.2, 0.25) is 5.91 Å². The molecule has 0 fully saturated rings. The summed E-state index contributed by atoms with van der Waals surface area (Å²) < 4.78 is 0. The zero-order chi connectivity index (χ0) is 17.4. The topological polar surface area (TPSA) is 97.1 Å². The number of aromatic nitrogens is 1.